The lowest BCUT2D eigenvalue weighted by molar-refractivity contribution is 0.414. The van der Waals surface area contributed by atoms with E-state index >= 15 is 0 Å². The first-order valence-corrected chi connectivity index (χ1v) is 5.26. The van der Waals surface area contributed by atoms with Crippen LogP contribution in [-0.2, 0) is 0 Å². The van der Waals surface area contributed by atoms with Gasteiger partial charge in [-0.25, -0.2) is 0 Å². The molecule has 2 aromatic rings. The standard InChI is InChI=1S/C14H12N2O/c1-10-8-12(17-2)5-6-13(10)14-11(9-15)4-3-7-16-14/h3-8H,1-2H3. The van der Waals surface area contributed by atoms with E-state index in [1.807, 2.05) is 25.1 Å². The van der Waals surface area contributed by atoms with Crippen LogP contribution in [0.5, 0.6) is 5.75 Å². The van der Waals surface area contributed by atoms with Crippen molar-refractivity contribution in [2.24, 2.45) is 0 Å². The maximum Gasteiger partial charge on any atom is 0.119 e. The van der Waals surface area contributed by atoms with E-state index in [0.29, 0.717) is 5.56 Å². The quantitative estimate of drug-likeness (QED) is 0.787. The number of methoxy groups -OCH3 is 1. The smallest absolute Gasteiger partial charge is 0.119 e. The highest BCUT2D eigenvalue weighted by Crippen LogP contribution is 2.27. The molecule has 0 aliphatic heterocycles. The second-order valence-corrected chi connectivity index (χ2v) is 3.69. The summed E-state index contributed by atoms with van der Waals surface area (Å²) >= 11 is 0. The maximum atomic E-state index is 9.06. The molecule has 0 aliphatic rings. The number of hydrogen-bond acceptors (Lipinski definition) is 3. The van der Waals surface area contributed by atoms with E-state index in [4.69, 9.17) is 10.00 Å². The molecule has 1 aromatic heterocycles. The molecule has 0 saturated heterocycles. The SMILES string of the molecule is COc1ccc(-c2ncccc2C#N)c(C)c1. The molecule has 0 atom stereocenters. The molecule has 3 heteroatoms. The molecule has 1 heterocycles. The van der Waals surface area contributed by atoms with E-state index in [9.17, 15) is 0 Å². The molecule has 0 saturated carbocycles. The number of pyridine rings is 1. The van der Waals surface area contributed by atoms with Gasteiger partial charge in [-0.05, 0) is 42.8 Å². The van der Waals surface area contributed by atoms with Crippen molar-refractivity contribution in [1.82, 2.24) is 4.98 Å². The highest BCUT2D eigenvalue weighted by Gasteiger charge is 2.08. The number of aryl methyl sites for hydroxylation is 1. The fraction of sp³-hybridized carbons (Fsp3) is 0.143. The number of nitriles is 1. The Labute approximate surface area is 100 Å². The van der Waals surface area contributed by atoms with Crippen LogP contribution in [0.15, 0.2) is 36.5 Å². The van der Waals surface area contributed by atoms with Crippen molar-refractivity contribution in [3.8, 4) is 23.1 Å². The molecular formula is C14H12N2O. The fourth-order valence-electron chi connectivity index (χ4n) is 1.74. The summed E-state index contributed by atoms with van der Waals surface area (Å²) in [5, 5.41) is 9.06. The lowest BCUT2D eigenvalue weighted by Crippen LogP contribution is -1.92. The minimum atomic E-state index is 0.584. The van der Waals surface area contributed by atoms with Crippen LogP contribution in [0.3, 0.4) is 0 Å². The van der Waals surface area contributed by atoms with Crippen molar-refractivity contribution in [2.45, 2.75) is 6.92 Å². The first-order chi connectivity index (χ1) is 8.26. The Morgan fingerprint density at radius 2 is 2.12 bits per heavy atom. The van der Waals surface area contributed by atoms with Crippen LogP contribution >= 0.6 is 0 Å². The van der Waals surface area contributed by atoms with Gasteiger partial charge >= 0.3 is 0 Å². The second-order valence-electron chi connectivity index (χ2n) is 3.69. The topological polar surface area (TPSA) is 45.9 Å². The van der Waals surface area contributed by atoms with Crippen molar-refractivity contribution in [2.75, 3.05) is 7.11 Å². The van der Waals surface area contributed by atoms with Gasteiger partial charge in [-0.1, -0.05) is 0 Å². The van der Waals surface area contributed by atoms with E-state index in [-0.39, 0.29) is 0 Å². The maximum absolute atomic E-state index is 9.06. The van der Waals surface area contributed by atoms with Crippen LogP contribution in [-0.4, -0.2) is 12.1 Å². The van der Waals surface area contributed by atoms with Gasteiger partial charge < -0.3 is 4.74 Å². The van der Waals surface area contributed by atoms with Gasteiger partial charge in [-0.15, -0.1) is 0 Å². The first kappa shape index (κ1) is 11.2. The number of nitrogens with zero attached hydrogens (tertiary/aromatic N) is 2. The number of benzene rings is 1. The van der Waals surface area contributed by atoms with E-state index in [1.165, 1.54) is 0 Å². The van der Waals surface area contributed by atoms with Gasteiger partial charge in [0, 0.05) is 11.8 Å². The molecule has 17 heavy (non-hydrogen) atoms. The number of rotatable bonds is 2. The third-order valence-corrected chi connectivity index (χ3v) is 2.62. The summed E-state index contributed by atoms with van der Waals surface area (Å²) in [6, 6.07) is 11.4. The lowest BCUT2D eigenvalue weighted by Gasteiger charge is -2.08. The fourth-order valence-corrected chi connectivity index (χ4v) is 1.74. The summed E-state index contributed by atoms with van der Waals surface area (Å²) in [6.45, 7) is 1.98. The van der Waals surface area contributed by atoms with Gasteiger partial charge in [0.1, 0.15) is 11.8 Å². The first-order valence-electron chi connectivity index (χ1n) is 5.26. The zero-order chi connectivity index (χ0) is 12.3. The summed E-state index contributed by atoms with van der Waals surface area (Å²) in [4.78, 5) is 4.27. The second kappa shape index (κ2) is 4.67. The highest BCUT2D eigenvalue weighted by atomic mass is 16.5. The number of hydrogen-bond donors (Lipinski definition) is 0. The molecule has 0 amide bonds. The lowest BCUT2D eigenvalue weighted by atomic mass is 10.0. The predicted octanol–water partition coefficient (Wildman–Crippen LogP) is 2.94. The van der Waals surface area contributed by atoms with Crippen molar-refractivity contribution >= 4 is 0 Å². The van der Waals surface area contributed by atoms with Gasteiger partial charge in [0.25, 0.3) is 0 Å². The molecule has 1 aromatic carbocycles. The average molecular weight is 224 g/mol. The zero-order valence-electron chi connectivity index (χ0n) is 9.77. The zero-order valence-corrected chi connectivity index (χ0v) is 9.77. The molecule has 0 fully saturated rings. The Kier molecular flexibility index (Phi) is 3.06. The van der Waals surface area contributed by atoms with Crippen molar-refractivity contribution in [1.29, 1.82) is 5.26 Å². The van der Waals surface area contributed by atoms with Gasteiger partial charge in [0.15, 0.2) is 0 Å². The molecule has 0 bridgehead atoms. The number of aromatic nitrogens is 1. The van der Waals surface area contributed by atoms with Crippen molar-refractivity contribution in [3.05, 3.63) is 47.7 Å². The number of ether oxygens (including phenoxy) is 1. The molecule has 0 unspecified atom stereocenters. The normalized spacial score (nSPS) is 9.71. The molecule has 0 N–H and O–H groups in total. The van der Waals surface area contributed by atoms with Crippen molar-refractivity contribution < 1.29 is 4.74 Å². The molecule has 0 radical (unpaired) electrons. The Morgan fingerprint density at radius 1 is 1.29 bits per heavy atom. The largest absolute Gasteiger partial charge is 0.497 e. The predicted molar refractivity (Wildman–Crippen MR) is 65.7 cm³/mol. The third-order valence-electron chi connectivity index (χ3n) is 2.62. The van der Waals surface area contributed by atoms with Crippen LogP contribution < -0.4 is 4.74 Å². The van der Waals surface area contributed by atoms with E-state index < -0.39 is 0 Å². The van der Waals surface area contributed by atoms with Crippen LogP contribution in [0, 0.1) is 18.3 Å². The Bertz CT molecular complexity index is 585. The minimum absolute atomic E-state index is 0.584. The molecule has 0 aliphatic carbocycles. The minimum Gasteiger partial charge on any atom is -0.497 e. The summed E-state index contributed by atoms with van der Waals surface area (Å²) in [6.07, 6.45) is 1.69. The van der Waals surface area contributed by atoms with Gasteiger partial charge in [-0.2, -0.15) is 5.26 Å². The molecule has 84 valence electrons. The Morgan fingerprint density at radius 3 is 2.76 bits per heavy atom. The van der Waals surface area contributed by atoms with Crippen LogP contribution in [0.1, 0.15) is 11.1 Å². The van der Waals surface area contributed by atoms with Crippen LogP contribution in [0.4, 0.5) is 0 Å². The van der Waals surface area contributed by atoms with E-state index in [1.54, 1.807) is 25.4 Å². The van der Waals surface area contributed by atoms with Gasteiger partial charge in [0.2, 0.25) is 0 Å². The van der Waals surface area contributed by atoms with E-state index in [0.717, 1.165) is 22.6 Å². The third kappa shape index (κ3) is 2.11. The van der Waals surface area contributed by atoms with Gasteiger partial charge in [-0.3, -0.25) is 4.98 Å². The molecule has 3 nitrogen and oxygen atoms in total. The van der Waals surface area contributed by atoms with E-state index in [2.05, 4.69) is 11.1 Å². The van der Waals surface area contributed by atoms with Crippen molar-refractivity contribution in [3.63, 3.8) is 0 Å². The van der Waals surface area contributed by atoms with Crippen LogP contribution in [0.2, 0.25) is 0 Å². The summed E-state index contributed by atoms with van der Waals surface area (Å²) in [7, 11) is 1.63. The summed E-state index contributed by atoms with van der Waals surface area (Å²) in [5.74, 6) is 0.806. The monoisotopic (exact) mass is 224 g/mol. The van der Waals surface area contributed by atoms with Crippen LogP contribution in [0.25, 0.3) is 11.3 Å². The average Bonchev–Trinajstić information content (AvgIpc) is 2.38. The Hall–Kier alpha value is -2.34. The summed E-state index contributed by atoms with van der Waals surface area (Å²) < 4.78 is 5.16. The highest BCUT2D eigenvalue weighted by molar-refractivity contribution is 5.70. The van der Waals surface area contributed by atoms with Gasteiger partial charge in [0.05, 0.1) is 18.4 Å². The Balaban J connectivity index is 2.58. The molecular weight excluding hydrogens is 212 g/mol. The molecule has 0 spiro atoms. The summed E-state index contributed by atoms with van der Waals surface area (Å²) in [5.41, 5.74) is 3.30. The molecule has 2 rings (SSSR count).